The normalized spacial score (nSPS) is 20.7. The maximum absolute atomic E-state index is 12.0. The summed E-state index contributed by atoms with van der Waals surface area (Å²) in [5, 5.41) is 14.1. The molecule has 2 aromatic carbocycles. The fraction of sp³-hybridized carbons (Fsp3) is 0.372. The Kier molecular flexibility index (Phi) is 11.3. The van der Waals surface area contributed by atoms with Crippen LogP contribution in [0, 0.1) is 0 Å². The van der Waals surface area contributed by atoms with E-state index in [1.807, 2.05) is 35.5 Å². The number of hydrogen-bond donors (Lipinski definition) is 5. The van der Waals surface area contributed by atoms with Crippen LogP contribution in [0.1, 0.15) is 37.3 Å². The van der Waals surface area contributed by atoms with Gasteiger partial charge < -0.3 is 35.7 Å². The molecule has 58 heavy (non-hydrogen) atoms. The highest BCUT2D eigenvalue weighted by atomic mass is 35.5. The molecular weight excluding hydrogens is 771 g/mol. The zero-order chi connectivity index (χ0) is 39.6. The van der Waals surface area contributed by atoms with Crippen LogP contribution in [0.2, 0.25) is 10.0 Å². The Balaban J connectivity index is 0.821. The summed E-state index contributed by atoms with van der Waals surface area (Å²) in [6, 6.07) is 15.3. The smallest absolute Gasteiger partial charge is 0.246 e. The molecule has 1 amide bonds. The van der Waals surface area contributed by atoms with Crippen LogP contribution in [0.15, 0.2) is 79.9 Å². The highest BCUT2D eigenvalue weighted by molar-refractivity contribution is 6.33. The van der Waals surface area contributed by atoms with Crippen molar-refractivity contribution < 1.29 is 4.79 Å². The van der Waals surface area contributed by atoms with Crippen LogP contribution in [-0.4, -0.2) is 121 Å². The number of nitrogens with zero attached hydrogens (tertiary/aromatic N) is 7. The second kappa shape index (κ2) is 17.0. The first kappa shape index (κ1) is 38.5. The average molecular weight is 820 g/mol. The third-order valence-corrected chi connectivity index (χ3v) is 12.4. The summed E-state index contributed by atoms with van der Waals surface area (Å²) < 4.78 is 0. The van der Waals surface area contributed by atoms with Crippen LogP contribution in [0.5, 0.6) is 0 Å². The van der Waals surface area contributed by atoms with E-state index in [1.165, 1.54) is 11.6 Å². The molecule has 5 N–H and O–H groups in total. The quantitative estimate of drug-likeness (QED) is 0.0869. The number of aromatic amines is 2. The second-order valence-corrected chi connectivity index (χ2v) is 16.4. The maximum Gasteiger partial charge on any atom is 0.246 e. The summed E-state index contributed by atoms with van der Waals surface area (Å²) in [4.78, 5) is 44.5. The van der Waals surface area contributed by atoms with Crippen LogP contribution in [-0.2, 0) is 4.79 Å². The highest BCUT2D eigenvalue weighted by Gasteiger charge is 2.26. The Bertz CT molecular complexity index is 2420. The zero-order valence-corrected chi connectivity index (χ0v) is 33.9. The minimum atomic E-state index is 0.0235. The molecular formula is C43H48Cl2N12O. The molecule has 3 aliphatic heterocycles. The molecule has 0 aliphatic carbocycles. The van der Waals surface area contributed by atoms with E-state index in [0.29, 0.717) is 33.3 Å². The minimum Gasteiger partial charge on any atom is -0.360 e. The second-order valence-electron chi connectivity index (χ2n) is 15.6. The number of nitrogens with one attached hydrogen (secondary N) is 5. The van der Waals surface area contributed by atoms with Gasteiger partial charge in [-0.1, -0.05) is 54.0 Å². The van der Waals surface area contributed by atoms with E-state index in [-0.39, 0.29) is 24.0 Å². The van der Waals surface area contributed by atoms with E-state index in [4.69, 9.17) is 33.2 Å². The number of fused-ring (bicyclic) bond motifs is 2. The summed E-state index contributed by atoms with van der Waals surface area (Å²) in [6.45, 7) is 11.7. The molecule has 3 saturated heterocycles. The van der Waals surface area contributed by atoms with Gasteiger partial charge >= 0.3 is 0 Å². The third kappa shape index (κ3) is 8.27. The summed E-state index contributed by atoms with van der Waals surface area (Å²) >= 11 is 13.4. The van der Waals surface area contributed by atoms with Crippen molar-refractivity contribution >= 4 is 62.8 Å². The fourth-order valence-corrected chi connectivity index (χ4v) is 9.06. The first-order valence-corrected chi connectivity index (χ1v) is 21.0. The van der Waals surface area contributed by atoms with Crippen molar-refractivity contribution in [2.24, 2.45) is 0 Å². The number of benzene rings is 2. The van der Waals surface area contributed by atoms with Gasteiger partial charge in [0.2, 0.25) is 17.8 Å². The van der Waals surface area contributed by atoms with Crippen LogP contribution < -0.4 is 16.0 Å². The number of para-hydroxylation sites is 1. The number of piperazine rings is 1. The van der Waals surface area contributed by atoms with E-state index in [1.54, 1.807) is 12.4 Å². The Morgan fingerprint density at radius 1 is 0.793 bits per heavy atom. The average Bonchev–Trinajstić information content (AvgIpc) is 3.89. The summed E-state index contributed by atoms with van der Waals surface area (Å²) in [5.41, 5.74) is 6.61. The van der Waals surface area contributed by atoms with Gasteiger partial charge in [-0.05, 0) is 62.1 Å². The molecule has 15 heteroatoms. The summed E-state index contributed by atoms with van der Waals surface area (Å²) in [6.07, 6.45) is 12.8. The van der Waals surface area contributed by atoms with Crippen molar-refractivity contribution in [3.8, 4) is 22.5 Å². The molecule has 6 aromatic rings. The molecule has 13 nitrogen and oxygen atoms in total. The van der Waals surface area contributed by atoms with E-state index in [0.717, 1.165) is 118 Å². The van der Waals surface area contributed by atoms with Gasteiger partial charge in [-0.15, -0.1) is 0 Å². The lowest BCUT2D eigenvalue weighted by molar-refractivity contribution is -0.127. The number of aromatic nitrogens is 6. The van der Waals surface area contributed by atoms with Crippen LogP contribution in [0.4, 0.5) is 11.9 Å². The number of likely N-dealkylation sites (tertiary alicyclic amines) is 1. The molecule has 3 fully saturated rings. The molecule has 3 atom stereocenters. The number of halogens is 2. The maximum atomic E-state index is 12.0. The number of carbonyl (C=O) groups is 1. The predicted molar refractivity (Wildman–Crippen MR) is 232 cm³/mol. The Morgan fingerprint density at radius 2 is 1.47 bits per heavy atom. The van der Waals surface area contributed by atoms with Gasteiger partial charge in [0, 0.05) is 116 Å². The molecule has 4 aromatic heterocycles. The molecule has 9 rings (SSSR count). The molecule has 3 aliphatic rings. The Hall–Kier alpha value is -5.05. The summed E-state index contributed by atoms with van der Waals surface area (Å²) in [5.74, 6) is 1.18. The number of carbonyl (C=O) groups excluding carboxylic acids is 1. The van der Waals surface area contributed by atoms with E-state index in [2.05, 4.69) is 76.5 Å². The molecule has 0 radical (unpaired) electrons. The van der Waals surface area contributed by atoms with Crippen LogP contribution in [0.25, 0.3) is 44.3 Å². The summed E-state index contributed by atoms with van der Waals surface area (Å²) in [7, 11) is 0. The monoisotopic (exact) mass is 818 g/mol. The van der Waals surface area contributed by atoms with Gasteiger partial charge in [-0.25, -0.2) is 19.9 Å². The van der Waals surface area contributed by atoms with Crippen molar-refractivity contribution in [3.63, 3.8) is 0 Å². The largest absolute Gasteiger partial charge is 0.360 e. The van der Waals surface area contributed by atoms with Gasteiger partial charge in [-0.3, -0.25) is 9.69 Å². The van der Waals surface area contributed by atoms with Crippen molar-refractivity contribution in [1.29, 1.82) is 0 Å². The van der Waals surface area contributed by atoms with Crippen LogP contribution >= 0.6 is 23.2 Å². The highest BCUT2D eigenvalue weighted by Crippen LogP contribution is 2.36. The minimum absolute atomic E-state index is 0.0235. The van der Waals surface area contributed by atoms with Crippen LogP contribution in [0.3, 0.4) is 0 Å². The van der Waals surface area contributed by atoms with Gasteiger partial charge in [0.1, 0.15) is 0 Å². The first-order valence-electron chi connectivity index (χ1n) is 20.2. The van der Waals surface area contributed by atoms with Gasteiger partial charge in [0.15, 0.2) is 0 Å². The molecule has 2 unspecified atom stereocenters. The predicted octanol–water partition coefficient (Wildman–Crippen LogP) is 6.98. The molecule has 0 spiro atoms. The first-order chi connectivity index (χ1) is 28.4. The Labute approximate surface area is 347 Å². The molecule has 7 heterocycles. The number of H-pyrrole nitrogens is 2. The number of piperidine rings is 2. The fourth-order valence-electron chi connectivity index (χ4n) is 8.68. The SMILES string of the molecule is C=CC(=O)N1CCN(CCN2CCC[C@@H](Nc3ncc(Cl)c(-c4c[nH]c5ccc(C6CCC(Nc7ncc(Cl)c(-c8c[nH]c9ccccc89)n7)CN6)cc45)n3)C2)CC1. The third-order valence-electron chi connectivity index (χ3n) is 11.9. The Morgan fingerprint density at radius 3 is 2.17 bits per heavy atom. The molecule has 0 bridgehead atoms. The van der Waals surface area contributed by atoms with Gasteiger partial charge in [0.05, 0.1) is 33.8 Å². The van der Waals surface area contributed by atoms with Crippen molar-refractivity contribution in [2.45, 2.75) is 43.8 Å². The van der Waals surface area contributed by atoms with Crippen molar-refractivity contribution in [3.05, 3.63) is 95.5 Å². The van der Waals surface area contributed by atoms with Crippen molar-refractivity contribution in [1.82, 2.24) is 49.9 Å². The lowest BCUT2D eigenvalue weighted by Crippen LogP contribution is -2.51. The van der Waals surface area contributed by atoms with Crippen molar-refractivity contribution in [2.75, 3.05) is 69.5 Å². The standard InChI is InChI=1S/C43H48Cl2N12O/c1-2-39(58)57-18-16-55(17-19-57)14-15-56-13-5-6-29(26-56)52-43-50-25-35(45)41(54-43)33-23-48-38-11-9-27(20-31(33)38)36-12-10-28(21-46-36)51-42-49-24-34(44)40(53-42)32-22-47-37-8-4-3-7-30(32)37/h2-4,7-9,11,20,22-25,28-29,36,46-48H,1,5-6,10,12-19,21,26H2,(H,49,51,53)(H,50,52,54)/t28?,29-,36?/m1/s1. The van der Waals surface area contributed by atoms with Gasteiger partial charge in [0.25, 0.3) is 0 Å². The molecule has 0 saturated carbocycles. The van der Waals surface area contributed by atoms with Gasteiger partial charge in [-0.2, -0.15) is 0 Å². The lowest BCUT2D eigenvalue weighted by atomic mass is 9.93. The topological polar surface area (TPSA) is 146 Å². The van der Waals surface area contributed by atoms with E-state index in [9.17, 15) is 4.79 Å². The number of anilines is 2. The number of hydrogen-bond acceptors (Lipinski definition) is 10. The zero-order valence-electron chi connectivity index (χ0n) is 32.4. The molecule has 300 valence electrons. The number of amides is 1. The lowest BCUT2D eigenvalue weighted by Gasteiger charge is -2.37. The number of rotatable bonds is 11. The van der Waals surface area contributed by atoms with E-state index >= 15 is 0 Å². The van der Waals surface area contributed by atoms with E-state index < -0.39 is 0 Å².